The Bertz CT molecular complexity index is 767. The molecule has 1 aromatic heterocycles. The first kappa shape index (κ1) is 17.5. The summed E-state index contributed by atoms with van der Waals surface area (Å²) in [5.74, 6) is 0.110. The number of amides is 1. The van der Waals surface area contributed by atoms with Gasteiger partial charge >= 0.3 is 0 Å². The molecule has 0 radical (unpaired) electrons. The summed E-state index contributed by atoms with van der Waals surface area (Å²) in [6.07, 6.45) is 2.90. The molecule has 1 aromatic carbocycles. The maximum atomic E-state index is 13.2. The summed E-state index contributed by atoms with van der Waals surface area (Å²) >= 11 is 0. The van der Waals surface area contributed by atoms with Crippen LogP contribution in [0.25, 0.3) is 10.9 Å². The highest BCUT2D eigenvalue weighted by Crippen LogP contribution is 2.23. The molecule has 1 amide bonds. The third-order valence-electron chi connectivity index (χ3n) is 5.33. The van der Waals surface area contributed by atoms with Crippen LogP contribution in [0.5, 0.6) is 0 Å². The summed E-state index contributed by atoms with van der Waals surface area (Å²) in [7, 11) is 1.99. The largest absolute Gasteiger partial charge is 0.379 e. The Kier molecular flexibility index (Phi) is 5.24. The van der Waals surface area contributed by atoms with Gasteiger partial charge in [-0.15, -0.1) is 0 Å². The molecule has 2 aromatic rings. The van der Waals surface area contributed by atoms with Crippen LogP contribution >= 0.6 is 0 Å². The average Bonchev–Trinajstić information content (AvgIpc) is 2.85. The molecule has 0 bridgehead atoms. The Balaban J connectivity index is 1.50. The van der Waals surface area contributed by atoms with E-state index in [9.17, 15) is 4.79 Å². The maximum absolute atomic E-state index is 13.2. The number of aromatic nitrogens is 1. The summed E-state index contributed by atoms with van der Waals surface area (Å²) in [6.45, 7) is 6.43. The molecule has 6 heteroatoms. The highest BCUT2D eigenvalue weighted by atomic mass is 16.5. The number of aryl methyl sites for hydroxylation is 1. The van der Waals surface area contributed by atoms with E-state index in [1.165, 1.54) is 0 Å². The minimum atomic E-state index is 0.0644. The molecule has 0 spiro atoms. The molecule has 1 unspecified atom stereocenters. The van der Waals surface area contributed by atoms with Gasteiger partial charge in [0.05, 0.1) is 24.9 Å². The molecule has 0 N–H and O–H groups in total. The first-order chi connectivity index (χ1) is 12.7. The topological polar surface area (TPSA) is 46.9 Å². The van der Waals surface area contributed by atoms with Gasteiger partial charge in [0, 0.05) is 63.5 Å². The van der Waals surface area contributed by atoms with Crippen molar-refractivity contribution in [3.8, 4) is 0 Å². The Morgan fingerprint density at radius 3 is 2.81 bits per heavy atom. The van der Waals surface area contributed by atoms with Crippen molar-refractivity contribution in [1.82, 2.24) is 14.4 Å². The van der Waals surface area contributed by atoms with Crippen molar-refractivity contribution in [2.75, 3.05) is 52.5 Å². The number of nitrogens with zero attached hydrogens (tertiary/aromatic N) is 3. The van der Waals surface area contributed by atoms with E-state index in [1.54, 1.807) is 0 Å². The number of carbonyl (C=O) groups is 1. The molecule has 140 valence electrons. The zero-order chi connectivity index (χ0) is 17.9. The Morgan fingerprint density at radius 2 is 1.96 bits per heavy atom. The lowest BCUT2D eigenvalue weighted by molar-refractivity contribution is -0.0112. The van der Waals surface area contributed by atoms with E-state index in [4.69, 9.17) is 9.47 Å². The van der Waals surface area contributed by atoms with E-state index in [-0.39, 0.29) is 12.0 Å². The highest BCUT2D eigenvalue weighted by Gasteiger charge is 2.27. The van der Waals surface area contributed by atoms with Crippen molar-refractivity contribution in [2.45, 2.75) is 12.5 Å². The van der Waals surface area contributed by atoms with Crippen LogP contribution in [0.1, 0.15) is 16.8 Å². The second kappa shape index (κ2) is 7.78. The van der Waals surface area contributed by atoms with E-state index < -0.39 is 0 Å². The van der Waals surface area contributed by atoms with E-state index in [0.29, 0.717) is 13.2 Å². The fraction of sp³-hybridized carbons (Fsp3) is 0.550. The second-order valence-electron chi connectivity index (χ2n) is 7.18. The van der Waals surface area contributed by atoms with Gasteiger partial charge in [0.2, 0.25) is 0 Å². The Hall–Kier alpha value is -1.89. The molecular weight excluding hydrogens is 330 g/mol. The van der Waals surface area contributed by atoms with Crippen LogP contribution in [0.4, 0.5) is 0 Å². The predicted molar refractivity (Wildman–Crippen MR) is 100 cm³/mol. The normalized spacial score (nSPS) is 22.5. The fourth-order valence-corrected chi connectivity index (χ4v) is 3.94. The third-order valence-corrected chi connectivity index (χ3v) is 5.33. The Morgan fingerprint density at radius 1 is 1.15 bits per heavy atom. The van der Waals surface area contributed by atoms with E-state index in [0.717, 1.165) is 62.3 Å². The number of ether oxygens (including phenoxy) is 2. The van der Waals surface area contributed by atoms with Crippen LogP contribution in [0.3, 0.4) is 0 Å². The van der Waals surface area contributed by atoms with Crippen LogP contribution in [0.2, 0.25) is 0 Å². The summed E-state index contributed by atoms with van der Waals surface area (Å²) in [5.41, 5.74) is 1.88. The predicted octanol–water partition coefficient (Wildman–Crippen LogP) is 1.74. The van der Waals surface area contributed by atoms with Gasteiger partial charge in [0.25, 0.3) is 5.91 Å². The molecule has 4 rings (SSSR count). The standard InChI is InChI=1S/C20H27N3O3/c1-21-15-18(17-5-2-3-6-19(17)21)20(24)23-7-4-10-26-16(14-23)13-22-8-11-25-12-9-22/h2-3,5-6,15-16H,4,7-14H2,1H3. The lowest BCUT2D eigenvalue weighted by atomic mass is 10.1. The second-order valence-corrected chi connectivity index (χ2v) is 7.18. The van der Waals surface area contributed by atoms with Gasteiger partial charge in [-0.05, 0) is 12.5 Å². The smallest absolute Gasteiger partial charge is 0.256 e. The molecule has 0 aliphatic carbocycles. The number of morpholine rings is 1. The Labute approximate surface area is 154 Å². The van der Waals surface area contributed by atoms with Gasteiger partial charge in [0.15, 0.2) is 0 Å². The van der Waals surface area contributed by atoms with Crippen molar-refractivity contribution in [3.63, 3.8) is 0 Å². The number of fused-ring (bicyclic) bond motifs is 1. The summed E-state index contributed by atoms with van der Waals surface area (Å²) in [4.78, 5) is 17.6. The van der Waals surface area contributed by atoms with Gasteiger partial charge < -0.3 is 18.9 Å². The first-order valence-corrected chi connectivity index (χ1v) is 9.47. The van der Waals surface area contributed by atoms with Crippen molar-refractivity contribution >= 4 is 16.8 Å². The quantitative estimate of drug-likeness (QED) is 0.840. The van der Waals surface area contributed by atoms with Crippen molar-refractivity contribution in [2.24, 2.45) is 7.05 Å². The van der Waals surface area contributed by atoms with Crippen LogP contribution < -0.4 is 0 Å². The molecule has 2 aliphatic rings. The van der Waals surface area contributed by atoms with Gasteiger partial charge in [-0.1, -0.05) is 18.2 Å². The lowest BCUT2D eigenvalue weighted by Crippen LogP contribution is -2.45. The highest BCUT2D eigenvalue weighted by molar-refractivity contribution is 6.07. The molecule has 2 fully saturated rings. The van der Waals surface area contributed by atoms with Crippen LogP contribution in [0.15, 0.2) is 30.5 Å². The van der Waals surface area contributed by atoms with Gasteiger partial charge in [-0.25, -0.2) is 0 Å². The lowest BCUT2D eigenvalue weighted by Gasteiger charge is -2.31. The molecule has 2 aliphatic heterocycles. The number of carbonyl (C=O) groups excluding carboxylic acids is 1. The minimum Gasteiger partial charge on any atom is -0.379 e. The number of rotatable bonds is 3. The molecular formula is C20H27N3O3. The molecule has 2 saturated heterocycles. The molecule has 6 nitrogen and oxygen atoms in total. The van der Waals surface area contributed by atoms with Gasteiger partial charge in [-0.3, -0.25) is 9.69 Å². The van der Waals surface area contributed by atoms with Crippen molar-refractivity contribution in [3.05, 3.63) is 36.0 Å². The van der Waals surface area contributed by atoms with Crippen LogP contribution in [0, 0.1) is 0 Å². The number of hydrogen-bond donors (Lipinski definition) is 0. The zero-order valence-electron chi connectivity index (χ0n) is 15.4. The monoisotopic (exact) mass is 357 g/mol. The van der Waals surface area contributed by atoms with E-state index in [2.05, 4.69) is 11.0 Å². The van der Waals surface area contributed by atoms with Crippen molar-refractivity contribution in [1.29, 1.82) is 0 Å². The van der Waals surface area contributed by atoms with E-state index in [1.807, 2.05) is 40.9 Å². The van der Waals surface area contributed by atoms with Gasteiger partial charge in [0.1, 0.15) is 0 Å². The minimum absolute atomic E-state index is 0.0644. The summed E-state index contributed by atoms with van der Waals surface area (Å²) in [6, 6.07) is 8.08. The first-order valence-electron chi connectivity index (χ1n) is 9.47. The van der Waals surface area contributed by atoms with Crippen LogP contribution in [-0.4, -0.2) is 78.9 Å². The molecule has 3 heterocycles. The van der Waals surface area contributed by atoms with E-state index >= 15 is 0 Å². The summed E-state index contributed by atoms with van der Waals surface area (Å²) < 4.78 is 13.5. The SMILES string of the molecule is Cn1cc(C(=O)N2CCCOC(CN3CCOCC3)C2)c2ccccc21. The number of para-hydroxylation sites is 1. The fourth-order valence-electron chi connectivity index (χ4n) is 3.94. The zero-order valence-corrected chi connectivity index (χ0v) is 15.4. The third kappa shape index (κ3) is 3.63. The number of benzene rings is 1. The average molecular weight is 357 g/mol. The summed E-state index contributed by atoms with van der Waals surface area (Å²) in [5, 5.41) is 1.02. The molecule has 1 atom stereocenters. The van der Waals surface area contributed by atoms with Crippen molar-refractivity contribution < 1.29 is 14.3 Å². The number of hydrogen-bond acceptors (Lipinski definition) is 4. The van der Waals surface area contributed by atoms with Crippen LogP contribution in [-0.2, 0) is 16.5 Å². The maximum Gasteiger partial charge on any atom is 0.256 e. The van der Waals surface area contributed by atoms with Gasteiger partial charge in [-0.2, -0.15) is 0 Å². The molecule has 26 heavy (non-hydrogen) atoms. The molecule has 0 saturated carbocycles.